The summed E-state index contributed by atoms with van der Waals surface area (Å²) in [5.41, 5.74) is 0. The fraction of sp³-hybridized carbons (Fsp3) is 0.545. The van der Waals surface area contributed by atoms with Crippen molar-refractivity contribution < 1.29 is 23.9 Å². The third-order valence-electron chi connectivity index (χ3n) is 2.13. The Bertz CT molecular complexity index is 331. The van der Waals surface area contributed by atoms with Gasteiger partial charge in [0.05, 0.1) is 0 Å². The molecule has 0 saturated carbocycles. The molecule has 0 spiro atoms. The molecule has 5 heteroatoms. The van der Waals surface area contributed by atoms with Crippen molar-refractivity contribution in [1.29, 1.82) is 0 Å². The van der Waals surface area contributed by atoms with E-state index in [1.807, 2.05) is 0 Å². The first-order valence-electron chi connectivity index (χ1n) is 5.19. The Morgan fingerprint density at radius 1 is 1.19 bits per heavy atom. The zero-order chi connectivity index (χ0) is 12.1. The molecule has 0 aromatic carbocycles. The topological polar surface area (TPSA) is 69.7 Å². The molecule has 2 atom stereocenters. The third kappa shape index (κ3) is 2.92. The highest BCUT2D eigenvalue weighted by Crippen LogP contribution is 2.16. The molecule has 0 bridgehead atoms. The van der Waals surface area contributed by atoms with E-state index < -0.39 is 24.1 Å². The predicted molar refractivity (Wildman–Crippen MR) is 54.5 cm³/mol. The first-order valence-corrected chi connectivity index (χ1v) is 5.19. The first-order chi connectivity index (χ1) is 7.58. The number of ketones is 1. The van der Waals surface area contributed by atoms with Gasteiger partial charge in [-0.1, -0.05) is 13.8 Å². The maximum atomic E-state index is 11.4. The summed E-state index contributed by atoms with van der Waals surface area (Å²) in [4.78, 5) is 33.5. The van der Waals surface area contributed by atoms with Crippen LogP contribution in [0.4, 0.5) is 0 Å². The minimum absolute atomic E-state index is 0.179. The molecule has 0 aromatic rings. The molecule has 1 aliphatic rings. The van der Waals surface area contributed by atoms with E-state index in [1.165, 1.54) is 12.2 Å². The summed E-state index contributed by atoms with van der Waals surface area (Å²) < 4.78 is 9.87. The molecule has 0 radical (unpaired) electrons. The lowest BCUT2D eigenvalue weighted by molar-refractivity contribution is -0.165. The first kappa shape index (κ1) is 12.4. The highest BCUT2D eigenvalue weighted by molar-refractivity contribution is 5.98. The van der Waals surface area contributed by atoms with Crippen LogP contribution < -0.4 is 0 Å². The Labute approximate surface area is 93.4 Å². The molecular weight excluding hydrogens is 212 g/mol. The molecule has 0 saturated heterocycles. The molecule has 1 aliphatic carbocycles. The van der Waals surface area contributed by atoms with E-state index in [4.69, 9.17) is 9.47 Å². The number of hydrogen-bond acceptors (Lipinski definition) is 5. The Balaban J connectivity index is 2.62. The molecule has 0 N–H and O–H groups in total. The fourth-order valence-electron chi connectivity index (χ4n) is 1.23. The van der Waals surface area contributed by atoms with Crippen molar-refractivity contribution in [2.75, 3.05) is 0 Å². The van der Waals surface area contributed by atoms with Gasteiger partial charge in [0.2, 0.25) is 6.10 Å². The van der Waals surface area contributed by atoms with E-state index >= 15 is 0 Å². The van der Waals surface area contributed by atoms with E-state index in [2.05, 4.69) is 0 Å². The standard InChI is InChI=1S/C11H14O5/c1-3-9(13)15-8-6-5-7(12)11(8)16-10(14)4-2/h5-6,8,11H,3-4H2,1-2H3. The van der Waals surface area contributed by atoms with Gasteiger partial charge >= 0.3 is 11.9 Å². The minimum Gasteiger partial charge on any atom is -0.454 e. The summed E-state index contributed by atoms with van der Waals surface area (Å²) in [5.74, 6) is -1.27. The lowest BCUT2D eigenvalue weighted by Gasteiger charge is -2.18. The maximum Gasteiger partial charge on any atom is 0.306 e. The lowest BCUT2D eigenvalue weighted by atomic mass is 10.2. The Morgan fingerprint density at radius 3 is 2.31 bits per heavy atom. The van der Waals surface area contributed by atoms with Crippen LogP contribution in [0.1, 0.15) is 26.7 Å². The molecule has 16 heavy (non-hydrogen) atoms. The van der Waals surface area contributed by atoms with Crippen molar-refractivity contribution in [3.05, 3.63) is 12.2 Å². The molecule has 1 rings (SSSR count). The number of carbonyl (C=O) groups excluding carboxylic acids is 3. The summed E-state index contributed by atoms with van der Waals surface area (Å²) in [6, 6.07) is 0. The van der Waals surface area contributed by atoms with Crippen molar-refractivity contribution in [3.8, 4) is 0 Å². The van der Waals surface area contributed by atoms with Gasteiger partial charge in [-0.05, 0) is 12.2 Å². The van der Waals surface area contributed by atoms with Gasteiger partial charge < -0.3 is 9.47 Å². The van der Waals surface area contributed by atoms with Crippen LogP contribution in [0.3, 0.4) is 0 Å². The molecule has 0 fully saturated rings. The zero-order valence-electron chi connectivity index (χ0n) is 9.26. The van der Waals surface area contributed by atoms with Gasteiger partial charge in [0.25, 0.3) is 0 Å². The lowest BCUT2D eigenvalue weighted by Crippen LogP contribution is -2.35. The second-order valence-electron chi connectivity index (χ2n) is 3.33. The van der Waals surface area contributed by atoms with Gasteiger partial charge in [-0.3, -0.25) is 14.4 Å². The van der Waals surface area contributed by atoms with Gasteiger partial charge in [-0.2, -0.15) is 0 Å². The van der Waals surface area contributed by atoms with Gasteiger partial charge in [-0.15, -0.1) is 0 Å². The Hall–Kier alpha value is -1.65. The molecule has 0 aromatic heterocycles. The highest BCUT2D eigenvalue weighted by Gasteiger charge is 2.35. The van der Waals surface area contributed by atoms with E-state index in [0.717, 1.165) is 0 Å². The van der Waals surface area contributed by atoms with Gasteiger partial charge in [0.15, 0.2) is 11.9 Å². The second-order valence-corrected chi connectivity index (χ2v) is 3.33. The average molecular weight is 226 g/mol. The molecule has 0 aliphatic heterocycles. The fourth-order valence-corrected chi connectivity index (χ4v) is 1.23. The summed E-state index contributed by atoms with van der Waals surface area (Å²) in [7, 11) is 0. The highest BCUT2D eigenvalue weighted by atomic mass is 16.6. The van der Waals surface area contributed by atoms with E-state index in [-0.39, 0.29) is 18.6 Å². The van der Waals surface area contributed by atoms with Crippen LogP contribution in [-0.2, 0) is 23.9 Å². The Kier molecular flexibility index (Phi) is 4.22. The molecule has 5 nitrogen and oxygen atoms in total. The molecule has 2 unspecified atom stereocenters. The van der Waals surface area contributed by atoms with E-state index in [0.29, 0.717) is 0 Å². The monoisotopic (exact) mass is 226 g/mol. The number of rotatable bonds is 4. The summed E-state index contributed by atoms with van der Waals surface area (Å²) >= 11 is 0. The summed E-state index contributed by atoms with van der Waals surface area (Å²) in [6.07, 6.45) is 1.30. The SMILES string of the molecule is CCC(=O)OC1C=CC(=O)C1OC(=O)CC. The van der Waals surface area contributed by atoms with Crippen LogP contribution in [0, 0.1) is 0 Å². The predicted octanol–water partition coefficient (Wildman–Crippen LogP) is 0.769. The normalized spacial score (nSPS) is 23.2. The second kappa shape index (κ2) is 5.44. The van der Waals surface area contributed by atoms with Gasteiger partial charge in [0, 0.05) is 12.8 Å². The molecule has 0 heterocycles. The van der Waals surface area contributed by atoms with Crippen LogP contribution in [-0.4, -0.2) is 29.9 Å². The number of ether oxygens (including phenoxy) is 2. The number of hydrogen-bond donors (Lipinski definition) is 0. The number of esters is 2. The Morgan fingerprint density at radius 2 is 1.75 bits per heavy atom. The van der Waals surface area contributed by atoms with E-state index in [1.54, 1.807) is 13.8 Å². The smallest absolute Gasteiger partial charge is 0.306 e. The minimum atomic E-state index is -1.01. The van der Waals surface area contributed by atoms with Crippen molar-refractivity contribution in [3.63, 3.8) is 0 Å². The van der Waals surface area contributed by atoms with Crippen LogP contribution in [0.5, 0.6) is 0 Å². The molecular formula is C11H14O5. The zero-order valence-corrected chi connectivity index (χ0v) is 9.26. The quantitative estimate of drug-likeness (QED) is 0.662. The van der Waals surface area contributed by atoms with Gasteiger partial charge in [0.1, 0.15) is 0 Å². The van der Waals surface area contributed by atoms with Crippen molar-refractivity contribution >= 4 is 17.7 Å². The van der Waals surface area contributed by atoms with Crippen LogP contribution in [0.2, 0.25) is 0 Å². The van der Waals surface area contributed by atoms with Crippen molar-refractivity contribution in [1.82, 2.24) is 0 Å². The molecule has 88 valence electrons. The van der Waals surface area contributed by atoms with E-state index in [9.17, 15) is 14.4 Å². The average Bonchev–Trinajstić information content (AvgIpc) is 2.61. The van der Waals surface area contributed by atoms with Gasteiger partial charge in [-0.25, -0.2) is 0 Å². The largest absolute Gasteiger partial charge is 0.454 e. The van der Waals surface area contributed by atoms with Crippen molar-refractivity contribution in [2.24, 2.45) is 0 Å². The summed E-state index contributed by atoms with van der Waals surface area (Å²) in [6.45, 7) is 3.28. The number of carbonyl (C=O) groups is 3. The van der Waals surface area contributed by atoms with Crippen LogP contribution in [0.15, 0.2) is 12.2 Å². The van der Waals surface area contributed by atoms with Crippen molar-refractivity contribution in [2.45, 2.75) is 38.9 Å². The third-order valence-corrected chi connectivity index (χ3v) is 2.13. The maximum absolute atomic E-state index is 11.4. The molecule has 0 amide bonds. The summed E-state index contributed by atoms with van der Waals surface area (Å²) in [5, 5.41) is 0. The van der Waals surface area contributed by atoms with Crippen LogP contribution >= 0.6 is 0 Å². The van der Waals surface area contributed by atoms with Crippen LogP contribution in [0.25, 0.3) is 0 Å².